The van der Waals surface area contributed by atoms with Gasteiger partial charge in [0.15, 0.2) is 5.82 Å². The van der Waals surface area contributed by atoms with Gasteiger partial charge >= 0.3 is 0 Å². The van der Waals surface area contributed by atoms with E-state index in [1.165, 1.54) is 5.39 Å². The molecule has 3 heterocycles. The van der Waals surface area contributed by atoms with Crippen LogP contribution in [0.15, 0.2) is 205 Å². The summed E-state index contributed by atoms with van der Waals surface area (Å²) in [5, 5.41) is 5.57. The summed E-state index contributed by atoms with van der Waals surface area (Å²) in [5.41, 5.74) is 14.0. The van der Waals surface area contributed by atoms with Crippen molar-refractivity contribution in [3.63, 3.8) is 0 Å². The lowest BCUT2D eigenvalue weighted by Gasteiger charge is -2.16. The van der Waals surface area contributed by atoms with Crippen molar-refractivity contribution < 1.29 is 4.42 Å². The fourth-order valence-electron chi connectivity index (χ4n) is 8.18. The molecule has 0 atom stereocenters. The van der Waals surface area contributed by atoms with Crippen LogP contribution in [-0.4, -0.2) is 15.0 Å². The fraction of sp³-hybridized carbons (Fsp3) is 0. The van der Waals surface area contributed by atoms with E-state index in [4.69, 9.17) is 19.4 Å². The molecule has 57 heavy (non-hydrogen) atoms. The Kier molecular flexibility index (Phi) is 7.78. The minimum Gasteiger partial charge on any atom is -0.456 e. The molecule has 0 radical (unpaired) electrons. The summed E-state index contributed by atoms with van der Waals surface area (Å²) in [5.74, 6) is 0.687. The van der Waals surface area contributed by atoms with Gasteiger partial charge in [0.2, 0.25) is 0 Å². The van der Waals surface area contributed by atoms with Crippen molar-refractivity contribution in [2.24, 2.45) is 0 Å². The van der Waals surface area contributed by atoms with Crippen LogP contribution in [0.25, 0.3) is 111 Å². The predicted molar refractivity (Wildman–Crippen MR) is 235 cm³/mol. The molecule has 0 unspecified atom stereocenters. The SMILES string of the molecule is c1ccc(-c2cc(-c3ccccc3)nc(-c3cccc(-c4ccc(-c5nc6ccccc6c6c(-c7ccccc7)c7c(cc56)oc5ccccc57)cc4)c3)n2)cc1. The highest BCUT2D eigenvalue weighted by atomic mass is 16.3. The molecule has 0 spiro atoms. The van der Waals surface area contributed by atoms with Crippen LogP contribution in [0.1, 0.15) is 0 Å². The third kappa shape index (κ3) is 5.74. The van der Waals surface area contributed by atoms with Gasteiger partial charge in [0, 0.05) is 54.7 Å². The number of rotatable bonds is 6. The number of hydrogen-bond donors (Lipinski definition) is 0. The van der Waals surface area contributed by atoms with Crippen LogP contribution in [0.3, 0.4) is 0 Å². The van der Waals surface area contributed by atoms with Crippen LogP contribution in [0, 0.1) is 0 Å². The molecule has 0 saturated heterocycles. The highest BCUT2D eigenvalue weighted by Gasteiger charge is 2.21. The molecule has 8 aromatic carbocycles. The van der Waals surface area contributed by atoms with E-state index in [1.54, 1.807) is 0 Å². The average molecular weight is 728 g/mol. The van der Waals surface area contributed by atoms with Crippen molar-refractivity contribution in [1.29, 1.82) is 0 Å². The molecule has 0 bridgehead atoms. The highest BCUT2D eigenvalue weighted by molar-refractivity contribution is 6.27. The zero-order valence-corrected chi connectivity index (χ0v) is 30.8. The molecule has 0 aliphatic heterocycles. The summed E-state index contributed by atoms with van der Waals surface area (Å²) in [7, 11) is 0. The highest BCUT2D eigenvalue weighted by Crippen LogP contribution is 2.46. The van der Waals surface area contributed by atoms with Gasteiger partial charge in [-0.1, -0.05) is 170 Å². The van der Waals surface area contributed by atoms with E-state index >= 15 is 0 Å². The smallest absolute Gasteiger partial charge is 0.160 e. The maximum Gasteiger partial charge on any atom is 0.160 e. The Morgan fingerprint density at radius 3 is 1.58 bits per heavy atom. The van der Waals surface area contributed by atoms with E-state index < -0.39 is 0 Å². The summed E-state index contributed by atoms with van der Waals surface area (Å²) in [4.78, 5) is 15.5. The first-order valence-corrected chi connectivity index (χ1v) is 19.2. The lowest BCUT2D eigenvalue weighted by atomic mass is 9.89. The summed E-state index contributed by atoms with van der Waals surface area (Å²) in [6.07, 6.45) is 0. The predicted octanol–water partition coefficient (Wildman–Crippen LogP) is 14.1. The molecule has 3 aromatic heterocycles. The summed E-state index contributed by atoms with van der Waals surface area (Å²) in [6, 6.07) is 69.6. The van der Waals surface area contributed by atoms with Gasteiger partial charge in [-0.15, -0.1) is 0 Å². The Bertz CT molecular complexity index is 3210. The Labute approximate surface area is 329 Å². The maximum absolute atomic E-state index is 6.58. The van der Waals surface area contributed by atoms with E-state index in [0.29, 0.717) is 5.82 Å². The van der Waals surface area contributed by atoms with Crippen molar-refractivity contribution in [2.45, 2.75) is 0 Å². The minimum absolute atomic E-state index is 0.687. The topological polar surface area (TPSA) is 51.8 Å². The minimum atomic E-state index is 0.687. The van der Waals surface area contributed by atoms with Crippen molar-refractivity contribution in [3.05, 3.63) is 200 Å². The van der Waals surface area contributed by atoms with Crippen molar-refractivity contribution >= 4 is 43.6 Å². The normalized spacial score (nSPS) is 11.5. The Hall–Kier alpha value is -7.69. The number of furan rings is 1. The second-order valence-electron chi connectivity index (χ2n) is 14.3. The number of pyridine rings is 1. The monoisotopic (exact) mass is 727 g/mol. The first-order valence-electron chi connectivity index (χ1n) is 19.2. The fourth-order valence-corrected chi connectivity index (χ4v) is 8.18. The first kappa shape index (κ1) is 32.7. The van der Waals surface area contributed by atoms with Gasteiger partial charge in [-0.25, -0.2) is 15.0 Å². The third-order valence-corrected chi connectivity index (χ3v) is 10.9. The molecule has 4 nitrogen and oxygen atoms in total. The molecule has 4 heteroatoms. The van der Waals surface area contributed by atoms with Gasteiger partial charge in [0.05, 0.1) is 22.6 Å². The number of para-hydroxylation sites is 2. The second-order valence-corrected chi connectivity index (χ2v) is 14.3. The third-order valence-electron chi connectivity index (χ3n) is 10.9. The second kappa shape index (κ2) is 13.6. The number of fused-ring (bicyclic) bond motifs is 6. The van der Waals surface area contributed by atoms with Crippen molar-refractivity contribution in [3.8, 4) is 67.4 Å². The quantitative estimate of drug-likeness (QED) is 0.160. The number of aromatic nitrogens is 3. The molecule has 0 aliphatic carbocycles. The number of nitrogens with zero attached hydrogens (tertiary/aromatic N) is 3. The number of benzene rings is 8. The summed E-state index contributed by atoms with van der Waals surface area (Å²) >= 11 is 0. The van der Waals surface area contributed by atoms with Crippen LogP contribution in [-0.2, 0) is 0 Å². The average Bonchev–Trinajstić information content (AvgIpc) is 3.67. The largest absolute Gasteiger partial charge is 0.456 e. The zero-order valence-electron chi connectivity index (χ0n) is 30.8. The molecule has 11 aromatic rings. The standard InChI is InChI=1S/C53H33N3O/c1-4-15-35(16-5-1)45-33-46(36-17-6-2-7-18-36)56-53(55-45)40-22-14-21-39(31-40)34-27-29-38(30-28-34)52-43-32-48-51(42-24-11-13-26-47(42)57-48)49(37-19-8-3-9-20-37)50(43)41-23-10-12-25-44(41)54-52/h1-33H. The van der Waals surface area contributed by atoms with E-state index in [0.717, 1.165) is 99.8 Å². The molecule has 0 aliphatic rings. The molecule has 11 rings (SSSR count). The van der Waals surface area contributed by atoms with Gasteiger partial charge < -0.3 is 4.42 Å². The lowest BCUT2D eigenvalue weighted by molar-refractivity contribution is 0.669. The molecule has 0 fully saturated rings. The van der Waals surface area contributed by atoms with E-state index in [9.17, 15) is 0 Å². The molecular formula is C53H33N3O. The molecular weight excluding hydrogens is 695 g/mol. The van der Waals surface area contributed by atoms with Gasteiger partial charge in [-0.3, -0.25) is 0 Å². The first-order chi connectivity index (χ1) is 28.2. The Morgan fingerprint density at radius 1 is 0.316 bits per heavy atom. The molecule has 0 N–H and O–H groups in total. The zero-order chi connectivity index (χ0) is 37.7. The van der Waals surface area contributed by atoms with E-state index in [1.807, 2.05) is 48.5 Å². The van der Waals surface area contributed by atoms with Crippen molar-refractivity contribution in [2.75, 3.05) is 0 Å². The molecule has 0 amide bonds. The summed E-state index contributed by atoms with van der Waals surface area (Å²) < 4.78 is 6.58. The van der Waals surface area contributed by atoms with Crippen LogP contribution in [0.5, 0.6) is 0 Å². The number of hydrogen-bond acceptors (Lipinski definition) is 4. The van der Waals surface area contributed by atoms with Gasteiger partial charge in [0.25, 0.3) is 0 Å². The van der Waals surface area contributed by atoms with Crippen LogP contribution >= 0.6 is 0 Å². The van der Waals surface area contributed by atoms with Crippen LogP contribution in [0.4, 0.5) is 0 Å². The molecule has 0 saturated carbocycles. The Balaban J connectivity index is 1.05. The van der Waals surface area contributed by atoms with Gasteiger partial charge in [-0.2, -0.15) is 0 Å². The van der Waals surface area contributed by atoms with Gasteiger partial charge in [0.1, 0.15) is 11.2 Å². The van der Waals surface area contributed by atoms with Crippen LogP contribution in [0.2, 0.25) is 0 Å². The van der Waals surface area contributed by atoms with E-state index in [2.05, 4.69) is 152 Å². The Morgan fingerprint density at radius 2 is 0.877 bits per heavy atom. The summed E-state index contributed by atoms with van der Waals surface area (Å²) in [6.45, 7) is 0. The van der Waals surface area contributed by atoms with E-state index in [-0.39, 0.29) is 0 Å². The lowest BCUT2D eigenvalue weighted by Crippen LogP contribution is -1.96. The molecule has 266 valence electrons. The van der Waals surface area contributed by atoms with Crippen molar-refractivity contribution in [1.82, 2.24) is 15.0 Å². The maximum atomic E-state index is 6.58. The van der Waals surface area contributed by atoms with Gasteiger partial charge in [-0.05, 0) is 47.0 Å². The van der Waals surface area contributed by atoms with Crippen LogP contribution < -0.4 is 0 Å².